The van der Waals surface area contributed by atoms with Gasteiger partial charge in [0.2, 0.25) is 0 Å². The van der Waals surface area contributed by atoms with Crippen molar-refractivity contribution >= 4 is 21.6 Å². The van der Waals surface area contributed by atoms with Crippen molar-refractivity contribution < 1.29 is 4.39 Å². The van der Waals surface area contributed by atoms with E-state index in [1.807, 2.05) is 25.1 Å². The molecule has 19 heavy (non-hydrogen) atoms. The molecule has 0 amide bonds. The monoisotopic (exact) mass is 321 g/mol. The van der Waals surface area contributed by atoms with E-state index in [1.165, 1.54) is 5.56 Å². The number of anilines is 1. The number of aryl methyl sites for hydroxylation is 1. The average Bonchev–Trinajstić information content (AvgIpc) is 2.42. The molecule has 1 N–H and O–H groups in total. The first kappa shape index (κ1) is 14.1. The van der Waals surface area contributed by atoms with E-state index in [-0.39, 0.29) is 11.9 Å². The van der Waals surface area contributed by atoms with Crippen LogP contribution in [0.3, 0.4) is 0 Å². The van der Waals surface area contributed by atoms with E-state index in [2.05, 4.69) is 40.3 Å². The molecule has 1 unspecified atom stereocenters. The zero-order valence-electron chi connectivity index (χ0n) is 11.1. The molecular weight excluding hydrogens is 305 g/mol. The molecule has 1 nitrogen and oxygen atoms in total. The summed E-state index contributed by atoms with van der Waals surface area (Å²) in [5.41, 5.74) is 3.11. The fourth-order valence-corrected chi connectivity index (χ4v) is 2.44. The second kappa shape index (κ2) is 6.20. The van der Waals surface area contributed by atoms with Crippen molar-refractivity contribution in [1.82, 2.24) is 0 Å². The summed E-state index contributed by atoms with van der Waals surface area (Å²) < 4.78 is 13.9. The van der Waals surface area contributed by atoms with Crippen LogP contribution in [0.15, 0.2) is 46.9 Å². The van der Waals surface area contributed by atoms with Crippen molar-refractivity contribution in [3.8, 4) is 0 Å². The van der Waals surface area contributed by atoms with Crippen LogP contribution in [0, 0.1) is 12.7 Å². The molecule has 0 saturated heterocycles. The molecular formula is C16H17BrFN. The van der Waals surface area contributed by atoms with Crippen LogP contribution in [0.2, 0.25) is 0 Å². The van der Waals surface area contributed by atoms with Crippen molar-refractivity contribution in [3.63, 3.8) is 0 Å². The van der Waals surface area contributed by atoms with Crippen molar-refractivity contribution in [3.05, 3.63) is 63.9 Å². The number of hydrogen-bond donors (Lipinski definition) is 1. The lowest BCUT2D eigenvalue weighted by Gasteiger charge is -2.20. The van der Waals surface area contributed by atoms with E-state index < -0.39 is 0 Å². The quantitative estimate of drug-likeness (QED) is 0.788. The Morgan fingerprint density at radius 1 is 1.21 bits per heavy atom. The highest BCUT2D eigenvalue weighted by atomic mass is 79.9. The molecule has 3 heteroatoms. The lowest BCUT2D eigenvalue weighted by Crippen LogP contribution is -2.10. The molecule has 2 aromatic rings. The molecule has 2 rings (SSSR count). The van der Waals surface area contributed by atoms with Gasteiger partial charge in [0.05, 0.1) is 10.5 Å². The summed E-state index contributed by atoms with van der Waals surface area (Å²) in [5, 5.41) is 3.48. The maximum absolute atomic E-state index is 13.4. The SMILES string of the molecule is CCC(Nc1cc(Br)c(F)cc1C)c1ccccc1. The van der Waals surface area contributed by atoms with Gasteiger partial charge in [-0.1, -0.05) is 37.3 Å². The minimum atomic E-state index is -0.226. The van der Waals surface area contributed by atoms with Crippen LogP contribution < -0.4 is 5.32 Å². The minimum absolute atomic E-state index is 0.226. The second-order valence-electron chi connectivity index (χ2n) is 4.60. The molecule has 0 aliphatic heterocycles. The third-order valence-corrected chi connectivity index (χ3v) is 3.81. The van der Waals surface area contributed by atoms with Crippen molar-refractivity contribution in [2.45, 2.75) is 26.3 Å². The molecule has 0 radical (unpaired) electrons. The fourth-order valence-electron chi connectivity index (χ4n) is 2.10. The van der Waals surface area contributed by atoms with E-state index >= 15 is 0 Å². The van der Waals surface area contributed by atoms with Gasteiger partial charge in [-0.15, -0.1) is 0 Å². The van der Waals surface area contributed by atoms with E-state index in [0.717, 1.165) is 17.7 Å². The van der Waals surface area contributed by atoms with Gasteiger partial charge in [0.1, 0.15) is 5.82 Å². The first-order valence-electron chi connectivity index (χ1n) is 6.39. The molecule has 0 aromatic heterocycles. The molecule has 0 aliphatic rings. The van der Waals surface area contributed by atoms with Crippen LogP contribution in [-0.2, 0) is 0 Å². The Kier molecular flexibility index (Phi) is 4.59. The van der Waals surface area contributed by atoms with Crippen LogP contribution in [-0.4, -0.2) is 0 Å². The smallest absolute Gasteiger partial charge is 0.137 e. The Bertz CT molecular complexity index is 554. The van der Waals surface area contributed by atoms with Gasteiger partial charge in [-0.3, -0.25) is 0 Å². The van der Waals surface area contributed by atoms with Gasteiger partial charge in [0, 0.05) is 5.69 Å². The summed E-state index contributed by atoms with van der Waals surface area (Å²) >= 11 is 3.23. The third kappa shape index (κ3) is 3.35. The average molecular weight is 322 g/mol. The summed E-state index contributed by atoms with van der Waals surface area (Å²) in [6.45, 7) is 4.05. The molecule has 100 valence electrons. The maximum Gasteiger partial charge on any atom is 0.137 e. The van der Waals surface area contributed by atoms with Crippen LogP contribution in [0.4, 0.5) is 10.1 Å². The highest BCUT2D eigenvalue weighted by Gasteiger charge is 2.11. The molecule has 0 saturated carbocycles. The summed E-state index contributed by atoms with van der Waals surface area (Å²) in [6, 6.07) is 13.9. The molecule has 0 spiro atoms. The van der Waals surface area contributed by atoms with Crippen LogP contribution in [0.1, 0.15) is 30.5 Å². The first-order chi connectivity index (χ1) is 9.11. The Balaban J connectivity index is 2.26. The Morgan fingerprint density at radius 2 is 1.89 bits per heavy atom. The second-order valence-corrected chi connectivity index (χ2v) is 5.45. The molecule has 0 aliphatic carbocycles. The zero-order valence-corrected chi connectivity index (χ0v) is 12.7. The van der Waals surface area contributed by atoms with Crippen molar-refractivity contribution in [2.24, 2.45) is 0 Å². The Morgan fingerprint density at radius 3 is 2.53 bits per heavy atom. The Hall–Kier alpha value is -1.35. The highest BCUT2D eigenvalue weighted by molar-refractivity contribution is 9.10. The summed E-state index contributed by atoms with van der Waals surface area (Å²) in [4.78, 5) is 0. The van der Waals surface area contributed by atoms with Crippen molar-refractivity contribution in [1.29, 1.82) is 0 Å². The first-order valence-corrected chi connectivity index (χ1v) is 7.18. The van der Waals surface area contributed by atoms with Gasteiger partial charge in [0.15, 0.2) is 0 Å². The number of benzene rings is 2. The van der Waals surface area contributed by atoms with Crippen LogP contribution in [0.5, 0.6) is 0 Å². The number of hydrogen-bond acceptors (Lipinski definition) is 1. The fraction of sp³-hybridized carbons (Fsp3) is 0.250. The van der Waals surface area contributed by atoms with E-state index in [4.69, 9.17) is 0 Å². The number of nitrogens with one attached hydrogen (secondary N) is 1. The summed E-state index contributed by atoms with van der Waals surface area (Å²) in [6.07, 6.45) is 0.971. The van der Waals surface area contributed by atoms with Gasteiger partial charge in [-0.2, -0.15) is 0 Å². The van der Waals surface area contributed by atoms with E-state index in [9.17, 15) is 4.39 Å². The molecule has 0 heterocycles. The molecule has 1 atom stereocenters. The van der Waals surface area contributed by atoms with Gasteiger partial charge < -0.3 is 5.32 Å². The maximum atomic E-state index is 13.4. The van der Waals surface area contributed by atoms with Gasteiger partial charge in [0.25, 0.3) is 0 Å². The van der Waals surface area contributed by atoms with Crippen molar-refractivity contribution in [2.75, 3.05) is 5.32 Å². The molecule has 0 bridgehead atoms. The van der Waals surface area contributed by atoms with Crippen LogP contribution >= 0.6 is 15.9 Å². The standard InChI is InChI=1S/C16H17BrFN/c1-3-15(12-7-5-4-6-8-12)19-16-10-13(17)14(18)9-11(16)2/h4-10,15,19H,3H2,1-2H3. The predicted octanol–water partition coefficient (Wildman–Crippen LogP) is 5.46. The van der Waals surface area contributed by atoms with E-state index in [1.54, 1.807) is 12.1 Å². The van der Waals surface area contributed by atoms with Gasteiger partial charge >= 0.3 is 0 Å². The zero-order chi connectivity index (χ0) is 13.8. The number of rotatable bonds is 4. The predicted molar refractivity (Wildman–Crippen MR) is 81.9 cm³/mol. The lowest BCUT2D eigenvalue weighted by atomic mass is 10.0. The largest absolute Gasteiger partial charge is 0.378 e. The topological polar surface area (TPSA) is 12.0 Å². The summed E-state index contributed by atoms with van der Waals surface area (Å²) in [5.74, 6) is -0.226. The van der Waals surface area contributed by atoms with Gasteiger partial charge in [-0.25, -0.2) is 4.39 Å². The third-order valence-electron chi connectivity index (χ3n) is 3.21. The Labute approximate surface area is 122 Å². The minimum Gasteiger partial charge on any atom is -0.378 e. The van der Waals surface area contributed by atoms with Crippen LogP contribution in [0.25, 0.3) is 0 Å². The number of halogens is 2. The lowest BCUT2D eigenvalue weighted by molar-refractivity contribution is 0.619. The van der Waals surface area contributed by atoms with E-state index in [0.29, 0.717) is 4.47 Å². The molecule has 0 fully saturated rings. The molecule has 2 aromatic carbocycles. The normalized spacial score (nSPS) is 12.2. The van der Waals surface area contributed by atoms with Gasteiger partial charge in [-0.05, 0) is 52.5 Å². The highest BCUT2D eigenvalue weighted by Crippen LogP contribution is 2.28. The summed E-state index contributed by atoms with van der Waals surface area (Å²) in [7, 11) is 0.